The van der Waals surface area contributed by atoms with Crippen molar-refractivity contribution >= 4 is 0 Å². The molecule has 3 heteroatoms. The lowest BCUT2D eigenvalue weighted by molar-refractivity contribution is 0.208. The van der Waals surface area contributed by atoms with Crippen molar-refractivity contribution in [2.75, 3.05) is 13.1 Å². The predicted molar refractivity (Wildman–Crippen MR) is 78.0 cm³/mol. The maximum absolute atomic E-state index is 4.28. The van der Waals surface area contributed by atoms with Gasteiger partial charge < -0.3 is 5.32 Å². The second-order valence-corrected chi connectivity index (χ2v) is 6.11. The Morgan fingerprint density at radius 3 is 2.89 bits per heavy atom. The fraction of sp³-hybridized carbons (Fsp3) is 0.688. The smallest absolute Gasteiger partial charge is 0.0315 e. The van der Waals surface area contributed by atoms with Crippen LogP contribution in [0.15, 0.2) is 18.5 Å². The van der Waals surface area contributed by atoms with Gasteiger partial charge in [-0.05, 0) is 56.3 Å². The molecule has 0 spiro atoms. The average Bonchev–Trinajstić information content (AvgIpc) is 3.26. The van der Waals surface area contributed by atoms with Crippen LogP contribution in [0.1, 0.15) is 43.2 Å². The number of pyridine rings is 1. The van der Waals surface area contributed by atoms with Gasteiger partial charge in [0.15, 0.2) is 0 Å². The van der Waals surface area contributed by atoms with Crippen LogP contribution in [0.3, 0.4) is 0 Å². The highest BCUT2D eigenvalue weighted by Crippen LogP contribution is 2.29. The van der Waals surface area contributed by atoms with Crippen molar-refractivity contribution in [2.24, 2.45) is 0 Å². The quantitative estimate of drug-likeness (QED) is 0.880. The number of piperidine rings is 1. The fourth-order valence-corrected chi connectivity index (χ4v) is 3.03. The lowest BCUT2D eigenvalue weighted by Crippen LogP contribution is -2.44. The van der Waals surface area contributed by atoms with E-state index in [1.165, 1.54) is 56.3 Å². The Morgan fingerprint density at radius 1 is 1.32 bits per heavy atom. The number of aryl methyl sites for hydroxylation is 1. The molecule has 1 aliphatic carbocycles. The molecule has 3 nitrogen and oxygen atoms in total. The molecule has 2 heterocycles. The molecule has 1 N–H and O–H groups in total. The Balaban J connectivity index is 1.62. The first-order chi connectivity index (χ1) is 9.33. The monoisotopic (exact) mass is 259 g/mol. The highest BCUT2D eigenvalue weighted by Gasteiger charge is 2.31. The van der Waals surface area contributed by atoms with E-state index in [1.54, 1.807) is 0 Å². The predicted octanol–water partition coefficient (Wildman–Crippen LogP) is 2.50. The third kappa shape index (κ3) is 3.54. The molecule has 104 valence electrons. The maximum atomic E-state index is 4.28. The summed E-state index contributed by atoms with van der Waals surface area (Å²) in [5.74, 6) is 0. The first-order valence-electron chi connectivity index (χ1n) is 7.70. The number of nitrogens with zero attached hydrogens (tertiary/aromatic N) is 2. The lowest BCUT2D eigenvalue weighted by atomic mass is 10.0. The SMILES string of the molecule is Cc1ccncc1CN(CC1CCCCN1)C1CC1. The van der Waals surface area contributed by atoms with Gasteiger partial charge in [-0.15, -0.1) is 0 Å². The van der Waals surface area contributed by atoms with E-state index in [2.05, 4.69) is 28.2 Å². The molecule has 0 bridgehead atoms. The van der Waals surface area contributed by atoms with Gasteiger partial charge in [0.05, 0.1) is 0 Å². The molecule has 0 radical (unpaired) electrons. The van der Waals surface area contributed by atoms with Crippen molar-refractivity contribution in [1.82, 2.24) is 15.2 Å². The van der Waals surface area contributed by atoms with Crippen LogP contribution in [0.25, 0.3) is 0 Å². The average molecular weight is 259 g/mol. The van der Waals surface area contributed by atoms with Crippen LogP contribution < -0.4 is 5.32 Å². The number of rotatable bonds is 5. The number of aromatic nitrogens is 1. The third-order valence-electron chi connectivity index (χ3n) is 4.45. The van der Waals surface area contributed by atoms with Crippen LogP contribution >= 0.6 is 0 Å². The van der Waals surface area contributed by atoms with Crippen LogP contribution in [0.2, 0.25) is 0 Å². The van der Waals surface area contributed by atoms with Crippen LogP contribution in [0.4, 0.5) is 0 Å². The summed E-state index contributed by atoms with van der Waals surface area (Å²) in [6.45, 7) is 5.68. The molecule has 1 aromatic rings. The summed E-state index contributed by atoms with van der Waals surface area (Å²) in [6, 6.07) is 3.65. The summed E-state index contributed by atoms with van der Waals surface area (Å²) in [5, 5.41) is 3.68. The van der Waals surface area contributed by atoms with E-state index in [-0.39, 0.29) is 0 Å². The molecule has 3 rings (SSSR count). The molecular formula is C16H25N3. The zero-order valence-electron chi connectivity index (χ0n) is 11.9. The summed E-state index contributed by atoms with van der Waals surface area (Å²) in [5.41, 5.74) is 2.77. The Hall–Kier alpha value is -0.930. The largest absolute Gasteiger partial charge is 0.313 e. The Labute approximate surface area is 116 Å². The van der Waals surface area contributed by atoms with E-state index >= 15 is 0 Å². The highest BCUT2D eigenvalue weighted by atomic mass is 15.2. The molecule has 1 atom stereocenters. The molecule has 1 unspecified atom stereocenters. The molecular weight excluding hydrogens is 234 g/mol. The summed E-state index contributed by atoms with van der Waals surface area (Å²) >= 11 is 0. The van der Waals surface area contributed by atoms with Gasteiger partial charge in [-0.2, -0.15) is 0 Å². The summed E-state index contributed by atoms with van der Waals surface area (Å²) in [6.07, 6.45) is 10.8. The first-order valence-corrected chi connectivity index (χ1v) is 7.70. The van der Waals surface area contributed by atoms with Gasteiger partial charge in [0.25, 0.3) is 0 Å². The molecule has 1 aliphatic heterocycles. The molecule has 2 fully saturated rings. The van der Waals surface area contributed by atoms with Gasteiger partial charge in [0.1, 0.15) is 0 Å². The fourth-order valence-electron chi connectivity index (χ4n) is 3.03. The zero-order chi connectivity index (χ0) is 13.1. The lowest BCUT2D eigenvalue weighted by Gasteiger charge is -2.31. The number of hydrogen-bond donors (Lipinski definition) is 1. The van der Waals surface area contributed by atoms with Gasteiger partial charge in [-0.25, -0.2) is 0 Å². The van der Waals surface area contributed by atoms with E-state index in [9.17, 15) is 0 Å². The van der Waals surface area contributed by atoms with Crippen LogP contribution in [0, 0.1) is 6.92 Å². The van der Waals surface area contributed by atoms with Gasteiger partial charge >= 0.3 is 0 Å². The second kappa shape index (κ2) is 6.02. The molecule has 0 aromatic carbocycles. The van der Waals surface area contributed by atoms with Crippen molar-refractivity contribution < 1.29 is 0 Å². The van der Waals surface area contributed by atoms with Crippen molar-refractivity contribution in [3.8, 4) is 0 Å². The normalized spacial score (nSPS) is 23.8. The van der Waals surface area contributed by atoms with Crippen molar-refractivity contribution in [3.63, 3.8) is 0 Å². The highest BCUT2D eigenvalue weighted by molar-refractivity contribution is 5.21. The standard InChI is InChI=1S/C16H25N3/c1-13-7-9-17-10-14(13)11-19(16-5-6-16)12-15-4-2-3-8-18-15/h7,9-10,15-16,18H,2-6,8,11-12H2,1H3. The topological polar surface area (TPSA) is 28.2 Å². The number of hydrogen-bond acceptors (Lipinski definition) is 3. The van der Waals surface area contributed by atoms with E-state index in [0.717, 1.165) is 12.6 Å². The van der Waals surface area contributed by atoms with Crippen LogP contribution in [0.5, 0.6) is 0 Å². The van der Waals surface area contributed by atoms with Gasteiger partial charge in [-0.1, -0.05) is 6.42 Å². The molecule has 1 saturated heterocycles. The van der Waals surface area contributed by atoms with Gasteiger partial charge in [-0.3, -0.25) is 9.88 Å². The van der Waals surface area contributed by atoms with E-state index in [0.29, 0.717) is 6.04 Å². The summed E-state index contributed by atoms with van der Waals surface area (Å²) < 4.78 is 0. The van der Waals surface area contributed by atoms with Crippen LogP contribution in [-0.2, 0) is 6.54 Å². The summed E-state index contributed by atoms with van der Waals surface area (Å²) in [4.78, 5) is 6.96. The minimum absolute atomic E-state index is 0.700. The summed E-state index contributed by atoms with van der Waals surface area (Å²) in [7, 11) is 0. The van der Waals surface area contributed by atoms with Crippen molar-refractivity contribution in [1.29, 1.82) is 0 Å². The first kappa shape index (κ1) is 13.1. The van der Waals surface area contributed by atoms with Gasteiger partial charge in [0, 0.05) is 37.6 Å². The Bertz CT molecular complexity index is 408. The van der Waals surface area contributed by atoms with Crippen molar-refractivity contribution in [2.45, 2.75) is 57.7 Å². The van der Waals surface area contributed by atoms with E-state index in [1.807, 2.05) is 12.4 Å². The molecule has 2 aliphatic rings. The maximum Gasteiger partial charge on any atom is 0.0315 e. The third-order valence-corrected chi connectivity index (χ3v) is 4.45. The van der Waals surface area contributed by atoms with Gasteiger partial charge in [0.2, 0.25) is 0 Å². The van der Waals surface area contributed by atoms with Crippen LogP contribution in [-0.4, -0.2) is 35.1 Å². The minimum Gasteiger partial charge on any atom is -0.313 e. The molecule has 1 saturated carbocycles. The van der Waals surface area contributed by atoms with E-state index in [4.69, 9.17) is 0 Å². The second-order valence-electron chi connectivity index (χ2n) is 6.11. The van der Waals surface area contributed by atoms with E-state index < -0.39 is 0 Å². The molecule has 0 amide bonds. The van der Waals surface area contributed by atoms with Crippen molar-refractivity contribution in [3.05, 3.63) is 29.6 Å². The minimum atomic E-state index is 0.700. The number of nitrogens with one attached hydrogen (secondary N) is 1. The Kier molecular flexibility index (Phi) is 4.14. The molecule has 19 heavy (non-hydrogen) atoms. The zero-order valence-corrected chi connectivity index (χ0v) is 11.9. The molecule has 1 aromatic heterocycles. The Morgan fingerprint density at radius 2 is 2.21 bits per heavy atom.